The molecule has 0 saturated carbocycles. The fourth-order valence-electron chi connectivity index (χ4n) is 1.66. The Labute approximate surface area is 91.5 Å². The molecule has 1 unspecified atom stereocenters. The summed E-state index contributed by atoms with van der Waals surface area (Å²) in [6, 6.07) is 0.797. The van der Waals surface area contributed by atoms with Crippen LogP contribution in [-0.4, -0.2) is 42.5 Å². The molecule has 0 aromatic carbocycles. The zero-order chi connectivity index (χ0) is 11.5. The molecular formula is C10H12F2N2O2. The molecule has 0 spiro atoms. The molecule has 0 radical (unpaired) electrons. The highest BCUT2D eigenvalue weighted by molar-refractivity contribution is 5.40. The number of hydrogen-bond acceptors (Lipinski definition) is 4. The van der Waals surface area contributed by atoms with Crippen molar-refractivity contribution in [2.75, 3.05) is 31.2 Å². The van der Waals surface area contributed by atoms with Gasteiger partial charge in [0.25, 0.3) is 0 Å². The minimum Gasteiger partial charge on any atom is -0.394 e. The van der Waals surface area contributed by atoms with E-state index in [1.807, 2.05) is 0 Å². The van der Waals surface area contributed by atoms with Crippen LogP contribution in [0.2, 0.25) is 0 Å². The lowest BCUT2D eigenvalue weighted by Gasteiger charge is -2.32. The van der Waals surface area contributed by atoms with Crippen molar-refractivity contribution >= 4 is 5.82 Å². The van der Waals surface area contributed by atoms with Crippen molar-refractivity contribution in [3.8, 4) is 0 Å². The number of aromatic nitrogens is 1. The zero-order valence-electron chi connectivity index (χ0n) is 8.57. The molecule has 4 nitrogen and oxygen atoms in total. The molecule has 2 heterocycles. The van der Waals surface area contributed by atoms with Gasteiger partial charge in [-0.15, -0.1) is 0 Å². The molecule has 1 aliphatic rings. The summed E-state index contributed by atoms with van der Waals surface area (Å²) in [5.74, 6) is -1.30. The Morgan fingerprint density at radius 3 is 3.06 bits per heavy atom. The molecule has 1 N–H and O–H groups in total. The smallest absolute Gasteiger partial charge is 0.168 e. The molecular weight excluding hydrogens is 218 g/mol. The van der Waals surface area contributed by atoms with Gasteiger partial charge in [-0.1, -0.05) is 0 Å². The van der Waals surface area contributed by atoms with E-state index in [2.05, 4.69) is 4.98 Å². The fraction of sp³-hybridized carbons (Fsp3) is 0.500. The van der Waals surface area contributed by atoms with Crippen molar-refractivity contribution in [3.05, 3.63) is 23.9 Å². The Kier molecular flexibility index (Phi) is 3.31. The molecule has 16 heavy (non-hydrogen) atoms. The predicted molar refractivity (Wildman–Crippen MR) is 53.2 cm³/mol. The lowest BCUT2D eigenvalue weighted by Crippen LogP contribution is -2.44. The number of nitrogens with zero attached hydrogens (tertiary/aromatic N) is 2. The van der Waals surface area contributed by atoms with Crippen LogP contribution in [0.1, 0.15) is 0 Å². The molecule has 1 aromatic rings. The van der Waals surface area contributed by atoms with E-state index in [4.69, 9.17) is 9.84 Å². The third-order valence-electron chi connectivity index (χ3n) is 2.43. The summed E-state index contributed by atoms with van der Waals surface area (Å²) in [6.45, 7) is 1.10. The summed E-state index contributed by atoms with van der Waals surface area (Å²) >= 11 is 0. The largest absolute Gasteiger partial charge is 0.394 e. The summed E-state index contributed by atoms with van der Waals surface area (Å²) in [6.07, 6.45) is 0.627. The molecule has 0 bridgehead atoms. The van der Waals surface area contributed by atoms with Crippen LogP contribution in [0.3, 0.4) is 0 Å². The number of hydrogen-bond donors (Lipinski definition) is 1. The van der Waals surface area contributed by atoms with E-state index in [1.54, 1.807) is 4.90 Å². The van der Waals surface area contributed by atoms with E-state index >= 15 is 0 Å². The average Bonchev–Trinajstić information content (AvgIpc) is 2.29. The number of morpholine rings is 1. The lowest BCUT2D eigenvalue weighted by atomic mass is 10.2. The van der Waals surface area contributed by atoms with Crippen LogP contribution in [0.25, 0.3) is 0 Å². The van der Waals surface area contributed by atoms with E-state index in [-0.39, 0.29) is 18.5 Å². The van der Waals surface area contributed by atoms with Crippen molar-refractivity contribution < 1.29 is 18.6 Å². The zero-order valence-corrected chi connectivity index (χ0v) is 8.57. The van der Waals surface area contributed by atoms with Gasteiger partial charge in [0.15, 0.2) is 11.6 Å². The number of rotatable bonds is 2. The topological polar surface area (TPSA) is 45.6 Å². The van der Waals surface area contributed by atoms with E-state index in [9.17, 15) is 8.78 Å². The van der Waals surface area contributed by atoms with Gasteiger partial charge in [-0.2, -0.15) is 0 Å². The first-order valence-corrected chi connectivity index (χ1v) is 4.99. The van der Waals surface area contributed by atoms with Crippen LogP contribution in [0, 0.1) is 11.6 Å². The monoisotopic (exact) mass is 230 g/mol. The number of halogens is 2. The second-order valence-electron chi connectivity index (χ2n) is 3.58. The molecule has 0 amide bonds. The summed E-state index contributed by atoms with van der Waals surface area (Å²) in [4.78, 5) is 5.35. The SMILES string of the molecule is OCC1CN(c2ncc(F)cc2F)CCO1. The highest BCUT2D eigenvalue weighted by Crippen LogP contribution is 2.19. The molecule has 1 fully saturated rings. The van der Waals surface area contributed by atoms with Crippen LogP contribution in [0.15, 0.2) is 12.3 Å². The van der Waals surface area contributed by atoms with E-state index in [0.29, 0.717) is 19.7 Å². The average molecular weight is 230 g/mol. The van der Waals surface area contributed by atoms with E-state index in [1.165, 1.54) is 0 Å². The van der Waals surface area contributed by atoms with Crippen molar-refractivity contribution in [3.63, 3.8) is 0 Å². The quantitative estimate of drug-likeness (QED) is 0.806. The Morgan fingerprint density at radius 2 is 2.38 bits per heavy atom. The summed E-state index contributed by atoms with van der Waals surface area (Å²) in [5, 5.41) is 8.94. The maximum absolute atomic E-state index is 13.4. The van der Waals surface area contributed by atoms with Crippen LogP contribution in [0.4, 0.5) is 14.6 Å². The molecule has 0 aliphatic carbocycles. The number of aliphatic hydroxyl groups excluding tert-OH is 1. The van der Waals surface area contributed by atoms with Crippen molar-refractivity contribution in [2.45, 2.75) is 6.10 Å². The number of ether oxygens (including phenoxy) is 1. The second kappa shape index (κ2) is 4.71. The van der Waals surface area contributed by atoms with Gasteiger partial charge in [0.1, 0.15) is 5.82 Å². The minimum absolute atomic E-state index is 0.100. The third kappa shape index (κ3) is 2.28. The van der Waals surface area contributed by atoms with Crippen LogP contribution in [-0.2, 0) is 4.74 Å². The summed E-state index contributed by atoms with van der Waals surface area (Å²) in [7, 11) is 0. The van der Waals surface area contributed by atoms with Crippen LogP contribution < -0.4 is 4.90 Å². The molecule has 1 aliphatic heterocycles. The number of anilines is 1. The van der Waals surface area contributed by atoms with Gasteiger partial charge in [-0.05, 0) is 0 Å². The molecule has 1 aromatic heterocycles. The van der Waals surface area contributed by atoms with Gasteiger partial charge in [0, 0.05) is 19.2 Å². The Morgan fingerprint density at radius 1 is 1.56 bits per heavy atom. The van der Waals surface area contributed by atoms with Gasteiger partial charge < -0.3 is 14.7 Å². The first-order chi connectivity index (χ1) is 7.70. The van der Waals surface area contributed by atoms with Crippen molar-refractivity contribution in [1.29, 1.82) is 0 Å². The summed E-state index contributed by atoms with van der Waals surface area (Å²) in [5.41, 5.74) is 0. The van der Waals surface area contributed by atoms with Crippen molar-refractivity contribution in [2.24, 2.45) is 0 Å². The first kappa shape index (κ1) is 11.2. The Balaban J connectivity index is 2.16. The van der Waals surface area contributed by atoms with E-state index in [0.717, 1.165) is 12.3 Å². The normalized spacial score (nSPS) is 21.2. The van der Waals surface area contributed by atoms with Crippen LogP contribution in [0.5, 0.6) is 0 Å². The van der Waals surface area contributed by atoms with Gasteiger partial charge in [-0.25, -0.2) is 13.8 Å². The van der Waals surface area contributed by atoms with Crippen LogP contribution >= 0.6 is 0 Å². The third-order valence-corrected chi connectivity index (χ3v) is 2.43. The first-order valence-electron chi connectivity index (χ1n) is 4.99. The maximum atomic E-state index is 13.4. The molecule has 2 rings (SSSR count). The molecule has 88 valence electrons. The minimum atomic E-state index is -0.701. The van der Waals surface area contributed by atoms with Gasteiger partial charge in [0.2, 0.25) is 0 Å². The Bertz CT molecular complexity index is 376. The highest BCUT2D eigenvalue weighted by atomic mass is 19.1. The highest BCUT2D eigenvalue weighted by Gasteiger charge is 2.23. The summed E-state index contributed by atoms with van der Waals surface area (Å²) < 4.78 is 31.3. The van der Waals surface area contributed by atoms with Gasteiger partial charge in [-0.3, -0.25) is 0 Å². The van der Waals surface area contributed by atoms with Crippen molar-refractivity contribution in [1.82, 2.24) is 4.98 Å². The fourth-order valence-corrected chi connectivity index (χ4v) is 1.66. The second-order valence-corrected chi connectivity index (χ2v) is 3.58. The standard InChI is InChI=1S/C10H12F2N2O2/c11-7-3-9(12)10(13-4-7)14-1-2-16-8(5-14)6-15/h3-4,8,15H,1-2,5-6H2. The molecule has 1 saturated heterocycles. The van der Waals surface area contributed by atoms with Gasteiger partial charge >= 0.3 is 0 Å². The number of pyridine rings is 1. The van der Waals surface area contributed by atoms with Gasteiger partial charge in [0.05, 0.1) is 25.5 Å². The predicted octanol–water partition coefficient (Wildman–Crippen LogP) is 0.557. The Hall–Kier alpha value is -1.27. The number of aliphatic hydroxyl groups is 1. The lowest BCUT2D eigenvalue weighted by molar-refractivity contribution is 0.00318. The molecule has 1 atom stereocenters. The molecule has 6 heteroatoms. The maximum Gasteiger partial charge on any atom is 0.168 e. The van der Waals surface area contributed by atoms with E-state index < -0.39 is 11.6 Å².